The van der Waals surface area contributed by atoms with E-state index in [1.165, 1.54) is 0 Å². The lowest BCUT2D eigenvalue weighted by molar-refractivity contribution is -0.440. The summed E-state index contributed by atoms with van der Waals surface area (Å²) in [4.78, 5) is 0. The van der Waals surface area contributed by atoms with Crippen molar-refractivity contribution in [3.63, 3.8) is 0 Å². The largest absolute Gasteiger partial charge is 0.454 e. The average molecular weight is 302 g/mol. The summed E-state index contributed by atoms with van der Waals surface area (Å²) in [6, 6.07) is 0. The number of ether oxygens (including phenoxy) is 1. The van der Waals surface area contributed by atoms with E-state index < -0.39 is 35.1 Å². The summed E-state index contributed by atoms with van der Waals surface area (Å²) >= 11 is 0. The highest BCUT2D eigenvalue weighted by Crippen LogP contribution is 2.64. The van der Waals surface area contributed by atoms with Crippen LogP contribution in [0.15, 0.2) is 0 Å². The lowest BCUT2D eigenvalue weighted by Crippen LogP contribution is -2.67. The molecule has 1 fully saturated rings. The monoisotopic (exact) mass is 302 g/mol. The van der Waals surface area contributed by atoms with E-state index in [-0.39, 0.29) is 6.92 Å². The Morgan fingerprint density at radius 3 is 1.47 bits per heavy atom. The van der Waals surface area contributed by atoms with Crippen LogP contribution in [0.2, 0.25) is 0 Å². The van der Waals surface area contributed by atoms with Crippen LogP contribution < -0.4 is 0 Å². The molecule has 0 amide bonds. The van der Waals surface area contributed by atoms with E-state index in [1.807, 2.05) is 0 Å². The molecule has 1 saturated heterocycles. The molecule has 0 aromatic rings. The first kappa shape index (κ1) is 16.4. The summed E-state index contributed by atoms with van der Waals surface area (Å²) in [7, 11) is 0. The number of rotatable bonds is 1. The minimum atomic E-state index is -6.44. The molecule has 0 aromatic carbocycles. The van der Waals surface area contributed by atoms with E-state index in [0.717, 1.165) is 0 Å². The van der Waals surface area contributed by atoms with Gasteiger partial charge in [0.05, 0.1) is 0 Å². The van der Waals surface area contributed by atoms with E-state index in [4.69, 9.17) is 5.11 Å². The zero-order valence-corrected chi connectivity index (χ0v) is 9.88. The summed E-state index contributed by atoms with van der Waals surface area (Å²) < 4.78 is 108. The van der Waals surface area contributed by atoms with Gasteiger partial charge >= 0.3 is 23.8 Å². The molecular weight excluding hydrogens is 292 g/mol. The van der Waals surface area contributed by atoms with Crippen molar-refractivity contribution in [2.45, 2.75) is 55.8 Å². The molecule has 1 aliphatic rings. The van der Waals surface area contributed by atoms with Crippen LogP contribution in [0.5, 0.6) is 0 Å². The highest BCUT2D eigenvalue weighted by atomic mass is 19.4. The van der Waals surface area contributed by atoms with Gasteiger partial charge in [0.25, 0.3) is 0 Å². The number of halogens is 8. The Balaban J connectivity index is 3.52. The molecule has 3 unspecified atom stereocenters. The Hall–Kier alpha value is -0.640. The minimum Gasteiger partial charge on any atom is -0.350 e. The highest BCUT2D eigenvalue weighted by Gasteiger charge is 2.91. The molecule has 1 heterocycles. The maximum absolute atomic E-state index is 13.8. The Morgan fingerprint density at radius 1 is 0.895 bits per heavy atom. The van der Waals surface area contributed by atoms with E-state index in [2.05, 4.69) is 4.74 Å². The van der Waals surface area contributed by atoms with Gasteiger partial charge in [0.2, 0.25) is 5.67 Å². The van der Waals surface area contributed by atoms with Gasteiger partial charge in [-0.1, -0.05) is 0 Å². The Labute approximate surface area is 102 Å². The molecule has 1 aliphatic heterocycles. The van der Waals surface area contributed by atoms with Crippen LogP contribution in [-0.4, -0.2) is 40.2 Å². The van der Waals surface area contributed by atoms with Gasteiger partial charge in [-0.15, -0.1) is 0 Å². The SMILES string of the molecule is CC1(C)OC(F)(C(O)(F)C(F)(F)F)C(F)(F)C1(C)F. The normalized spacial score (nSPS) is 41.1. The molecule has 114 valence electrons. The van der Waals surface area contributed by atoms with Gasteiger partial charge in [0, 0.05) is 0 Å². The van der Waals surface area contributed by atoms with E-state index in [9.17, 15) is 35.1 Å². The van der Waals surface area contributed by atoms with Gasteiger partial charge in [-0.2, -0.15) is 30.7 Å². The third kappa shape index (κ3) is 1.61. The topological polar surface area (TPSA) is 29.5 Å². The average Bonchev–Trinajstić information content (AvgIpc) is 2.21. The molecule has 0 saturated carbocycles. The molecule has 19 heavy (non-hydrogen) atoms. The molecule has 0 spiro atoms. The minimum absolute atomic E-state index is 0.0563. The van der Waals surface area contributed by atoms with Crippen molar-refractivity contribution >= 4 is 0 Å². The number of hydrogen-bond donors (Lipinski definition) is 1. The first-order chi connectivity index (χ1) is 7.96. The van der Waals surface area contributed by atoms with Crippen molar-refractivity contribution in [3.8, 4) is 0 Å². The van der Waals surface area contributed by atoms with Crippen molar-refractivity contribution in [3.05, 3.63) is 0 Å². The molecule has 0 aliphatic carbocycles. The number of aliphatic hydroxyl groups is 1. The van der Waals surface area contributed by atoms with Crippen molar-refractivity contribution in [2.24, 2.45) is 0 Å². The lowest BCUT2D eigenvalue weighted by atomic mass is 9.83. The van der Waals surface area contributed by atoms with Crippen molar-refractivity contribution < 1.29 is 45.0 Å². The molecule has 2 nitrogen and oxygen atoms in total. The summed E-state index contributed by atoms with van der Waals surface area (Å²) in [5.74, 6) is -17.3. The van der Waals surface area contributed by atoms with E-state index in [1.54, 1.807) is 0 Å². The van der Waals surface area contributed by atoms with Gasteiger partial charge in [-0.25, -0.2) is 4.39 Å². The van der Waals surface area contributed by atoms with Crippen LogP contribution in [0.1, 0.15) is 20.8 Å². The van der Waals surface area contributed by atoms with E-state index in [0.29, 0.717) is 13.8 Å². The zero-order valence-electron chi connectivity index (χ0n) is 9.88. The summed E-state index contributed by atoms with van der Waals surface area (Å²) in [5, 5.41) is 8.47. The van der Waals surface area contributed by atoms with Crippen LogP contribution in [0.25, 0.3) is 0 Å². The fraction of sp³-hybridized carbons (Fsp3) is 1.00. The van der Waals surface area contributed by atoms with Gasteiger partial charge in [0.1, 0.15) is 5.60 Å². The number of hydrogen-bond acceptors (Lipinski definition) is 2. The van der Waals surface area contributed by atoms with Crippen LogP contribution in [0.4, 0.5) is 35.1 Å². The predicted molar refractivity (Wildman–Crippen MR) is 45.6 cm³/mol. The molecule has 0 radical (unpaired) electrons. The van der Waals surface area contributed by atoms with Gasteiger partial charge in [-0.05, 0) is 20.8 Å². The second-order valence-corrected chi connectivity index (χ2v) is 4.90. The first-order valence-corrected chi connectivity index (χ1v) is 4.89. The third-order valence-corrected chi connectivity index (χ3v) is 3.32. The fourth-order valence-electron chi connectivity index (χ4n) is 1.65. The van der Waals surface area contributed by atoms with Crippen LogP contribution in [-0.2, 0) is 4.74 Å². The molecule has 1 N–H and O–H groups in total. The van der Waals surface area contributed by atoms with Crippen LogP contribution in [0, 0.1) is 0 Å². The lowest BCUT2D eigenvalue weighted by Gasteiger charge is -2.36. The first-order valence-electron chi connectivity index (χ1n) is 4.89. The standard InChI is InChI=1S/C9H10F8O2/c1-4(2)5(3,10)6(11,12)8(14,19-4)7(13,18)9(15,16)17/h18H,1-3H3. The quantitative estimate of drug-likeness (QED) is 0.754. The van der Waals surface area contributed by atoms with Crippen molar-refractivity contribution in [2.75, 3.05) is 0 Å². The Bertz CT molecular complexity index is 386. The van der Waals surface area contributed by atoms with Gasteiger partial charge in [0.15, 0.2) is 0 Å². The van der Waals surface area contributed by atoms with Crippen LogP contribution in [0.3, 0.4) is 0 Å². The zero-order chi connectivity index (χ0) is 15.7. The highest BCUT2D eigenvalue weighted by molar-refractivity contribution is 5.20. The van der Waals surface area contributed by atoms with Crippen molar-refractivity contribution in [1.82, 2.24) is 0 Å². The molecule has 10 heteroatoms. The van der Waals surface area contributed by atoms with E-state index >= 15 is 0 Å². The Kier molecular flexibility index (Phi) is 3.04. The molecule has 0 bridgehead atoms. The number of alkyl halides is 8. The third-order valence-electron chi connectivity index (χ3n) is 3.32. The second kappa shape index (κ2) is 3.51. The van der Waals surface area contributed by atoms with Crippen LogP contribution >= 0.6 is 0 Å². The molecule has 1 rings (SSSR count). The fourth-order valence-corrected chi connectivity index (χ4v) is 1.65. The summed E-state index contributed by atoms with van der Waals surface area (Å²) in [6.07, 6.45) is -6.44. The Morgan fingerprint density at radius 2 is 1.26 bits per heavy atom. The maximum atomic E-state index is 13.8. The van der Waals surface area contributed by atoms with Crippen molar-refractivity contribution in [1.29, 1.82) is 0 Å². The maximum Gasteiger partial charge on any atom is 0.454 e. The molecular formula is C9H10F8O2. The second-order valence-electron chi connectivity index (χ2n) is 4.90. The smallest absolute Gasteiger partial charge is 0.350 e. The van der Waals surface area contributed by atoms with Gasteiger partial charge < -0.3 is 9.84 Å². The summed E-state index contributed by atoms with van der Waals surface area (Å²) in [6.45, 7) is 1.07. The predicted octanol–water partition coefficient (Wildman–Crippen LogP) is 3.04. The molecule has 0 aromatic heterocycles. The van der Waals surface area contributed by atoms with Gasteiger partial charge in [-0.3, -0.25) is 0 Å². The summed E-state index contributed by atoms with van der Waals surface area (Å²) in [5.41, 5.74) is -6.80. The molecule has 3 atom stereocenters.